The zero-order valence-corrected chi connectivity index (χ0v) is 13.8. The molecule has 0 bridgehead atoms. The number of nitrogens with zero attached hydrogens (tertiary/aromatic N) is 1. The molecule has 1 aromatic heterocycles. The highest BCUT2D eigenvalue weighted by atomic mass is 16.7. The molecule has 0 aliphatic carbocycles. The Balaban J connectivity index is 2.34. The van der Waals surface area contributed by atoms with Gasteiger partial charge < -0.3 is 25.9 Å². The number of carbonyl (C=O) groups is 1. The molecule has 2 rings (SSSR count). The summed E-state index contributed by atoms with van der Waals surface area (Å²) in [6, 6.07) is 1.45. The molecular weight excluding hydrogens is 297 g/mol. The number of aromatic carboxylic acids is 1. The summed E-state index contributed by atoms with van der Waals surface area (Å²) in [6.45, 7) is 8.02. The van der Waals surface area contributed by atoms with E-state index in [-0.39, 0.29) is 17.9 Å². The van der Waals surface area contributed by atoms with E-state index < -0.39 is 24.3 Å². The molecular formula is C15H22BN3O4. The lowest BCUT2D eigenvalue weighted by atomic mass is 9.77. The Bertz CT molecular complexity index is 642. The molecule has 0 spiro atoms. The lowest BCUT2D eigenvalue weighted by molar-refractivity contribution is 0.00578. The SMILES string of the molecule is CC1(C)OB(C(=Cc2cnc(N)c(C(=O)O)c2)CN)OC1(C)C. The van der Waals surface area contributed by atoms with Crippen LogP contribution in [0.4, 0.5) is 5.82 Å². The molecule has 0 unspecified atom stereocenters. The van der Waals surface area contributed by atoms with Crippen LogP contribution in [0.15, 0.2) is 17.7 Å². The van der Waals surface area contributed by atoms with Gasteiger partial charge in [-0.15, -0.1) is 0 Å². The summed E-state index contributed by atoms with van der Waals surface area (Å²) >= 11 is 0. The maximum atomic E-state index is 11.1. The number of anilines is 1. The van der Waals surface area contributed by atoms with E-state index in [4.69, 9.17) is 25.9 Å². The fourth-order valence-corrected chi connectivity index (χ4v) is 2.17. The van der Waals surface area contributed by atoms with Crippen LogP contribution in [0.1, 0.15) is 43.6 Å². The van der Waals surface area contributed by atoms with Crippen LogP contribution in [0.2, 0.25) is 0 Å². The molecule has 1 fully saturated rings. The normalized spacial score (nSPS) is 19.9. The van der Waals surface area contributed by atoms with Gasteiger partial charge in [-0.25, -0.2) is 9.78 Å². The molecule has 1 aliphatic rings. The van der Waals surface area contributed by atoms with Crippen molar-refractivity contribution in [2.45, 2.75) is 38.9 Å². The first-order chi connectivity index (χ1) is 10.6. The van der Waals surface area contributed by atoms with E-state index in [1.807, 2.05) is 27.7 Å². The van der Waals surface area contributed by atoms with Gasteiger partial charge in [0, 0.05) is 12.7 Å². The molecule has 1 aliphatic heterocycles. The van der Waals surface area contributed by atoms with Crippen molar-refractivity contribution in [3.8, 4) is 0 Å². The zero-order chi connectivity index (χ0) is 17.4. The lowest BCUT2D eigenvalue weighted by Crippen LogP contribution is -2.41. The van der Waals surface area contributed by atoms with Gasteiger partial charge in [0.1, 0.15) is 11.4 Å². The molecule has 0 aromatic carbocycles. The van der Waals surface area contributed by atoms with E-state index >= 15 is 0 Å². The summed E-state index contributed by atoms with van der Waals surface area (Å²) in [7, 11) is -0.587. The average Bonchev–Trinajstić information content (AvgIpc) is 2.66. The highest BCUT2D eigenvalue weighted by Gasteiger charge is 2.52. The van der Waals surface area contributed by atoms with E-state index in [2.05, 4.69) is 4.98 Å². The third kappa shape index (κ3) is 3.39. The Morgan fingerprint density at radius 2 is 1.91 bits per heavy atom. The van der Waals surface area contributed by atoms with E-state index in [1.165, 1.54) is 12.3 Å². The first kappa shape index (κ1) is 17.5. The third-order valence-electron chi connectivity index (χ3n) is 4.31. The number of carboxylic acid groups (broad SMARTS) is 1. The molecule has 0 saturated carbocycles. The van der Waals surface area contributed by atoms with Gasteiger partial charge in [0.05, 0.1) is 11.2 Å². The maximum absolute atomic E-state index is 11.1. The van der Waals surface area contributed by atoms with Gasteiger partial charge in [-0.3, -0.25) is 0 Å². The lowest BCUT2D eigenvalue weighted by Gasteiger charge is -2.32. The Kier molecular flexibility index (Phi) is 4.52. The summed E-state index contributed by atoms with van der Waals surface area (Å²) in [5.74, 6) is -1.16. The van der Waals surface area contributed by atoms with Crippen molar-refractivity contribution < 1.29 is 19.2 Å². The second kappa shape index (κ2) is 5.95. The topological polar surface area (TPSA) is 121 Å². The quantitative estimate of drug-likeness (QED) is 0.716. The summed E-state index contributed by atoms with van der Waals surface area (Å²) in [4.78, 5) is 15.0. The van der Waals surface area contributed by atoms with Crippen molar-refractivity contribution in [1.82, 2.24) is 4.98 Å². The van der Waals surface area contributed by atoms with Crippen LogP contribution in [0.5, 0.6) is 0 Å². The largest absolute Gasteiger partial charge is 0.491 e. The first-order valence-electron chi connectivity index (χ1n) is 7.32. The third-order valence-corrected chi connectivity index (χ3v) is 4.31. The Morgan fingerprint density at radius 3 is 2.39 bits per heavy atom. The molecule has 0 radical (unpaired) electrons. The van der Waals surface area contributed by atoms with E-state index in [0.29, 0.717) is 11.0 Å². The van der Waals surface area contributed by atoms with Crippen molar-refractivity contribution in [2.75, 3.05) is 12.3 Å². The number of pyridine rings is 1. The second-order valence-electron chi connectivity index (χ2n) is 6.52. The number of hydrogen-bond acceptors (Lipinski definition) is 6. The number of aromatic nitrogens is 1. The van der Waals surface area contributed by atoms with E-state index in [0.717, 1.165) is 0 Å². The fraction of sp³-hybridized carbons (Fsp3) is 0.467. The smallest absolute Gasteiger partial charge is 0.478 e. The van der Waals surface area contributed by atoms with Gasteiger partial charge in [-0.05, 0) is 44.8 Å². The van der Waals surface area contributed by atoms with Crippen molar-refractivity contribution in [2.24, 2.45) is 5.73 Å². The summed E-state index contributed by atoms with van der Waals surface area (Å²) in [5.41, 5.74) is 11.7. The fourth-order valence-electron chi connectivity index (χ4n) is 2.17. The van der Waals surface area contributed by atoms with Gasteiger partial charge in [0.2, 0.25) is 0 Å². The van der Waals surface area contributed by atoms with Crippen LogP contribution >= 0.6 is 0 Å². The van der Waals surface area contributed by atoms with Crippen molar-refractivity contribution in [3.05, 3.63) is 28.9 Å². The van der Waals surface area contributed by atoms with Crippen molar-refractivity contribution in [1.29, 1.82) is 0 Å². The molecule has 8 heteroatoms. The Morgan fingerprint density at radius 1 is 1.35 bits per heavy atom. The number of carboxylic acids is 1. The number of nitrogen functional groups attached to an aromatic ring is 1. The molecule has 1 aromatic rings. The maximum Gasteiger partial charge on any atom is 0.491 e. The van der Waals surface area contributed by atoms with Gasteiger partial charge >= 0.3 is 13.1 Å². The van der Waals surface area contributed by atoms with Crippen LogP contribution in [-0.2, 0) is 9.31 Å². The van der Waals surface area contributed by atoms with E-state index in [1.54, 1.807) is 6.08 Å². The number of nitrogens with two attached hydrogens (primary N) is 2. The monoisotopic (exact) mass is 319 g/mol. The average molecular weight is 319 g/mol. The minimum Gasteiger partial charge on any atom is -0.478 e. The molecule has 23 heavy (non-hydrogen) atoms. The van der Waals surface area contributed by atoms with Crippen LogP contribution < -0.4 is 11.5 Å². The van der Waals surface area contributed by atoms with Crippen LogP contribution in [0.3, 0.4) is 0 Å². The first-order valence-corrected chi connectivity index (χ1v) is 7.32. The zero-order valence-electron chi connectivity index (χ0n) is 13.8. The minimum atomic E-state index is -1.13. The number of hydrogen-bond donors (Lipinski definition) is 3. The molecule has 124 valence electrons. The molecule has 5 N–H and O–H groups in total. The highest BCUT2D eigenvalue weighted by molar-refractivity contribution is 6.55. The van der Waals surface area contributed by atoms with Gasteiger partial charge in [-0.1, -0.05) is 6.08 Å². The van der Waals surface area contributed by atoms with Crippen molar-refractivity contribution >= 4 is 25.0 Å². The van der Waals surface area contributed by atoms with Gasteiger partial charge in [-0.2, -0.15) is 0 Å². The standard InChI is InChI=1S/C15H22BN3O4/c1-14(2)15(3,4)23-16(22-14)10(7-17)5-9-6-11(13(20)21)12(18)19-8-9/h5-6,8H,7,17H2,1-4H3,(H2,18,19)(H,20,21). The summed E-state index contributed by atoms with van der Waals surface area (Å²) < 4.78 is 11.9. The molecule has 7 nitrogen and oxygen atoms in total. The molecule has 1 saturated heterocycles. The highest BCUT2D eigenvalue weighted by Crippen LogP contribution is 2.38. The predicted octanol–water partition coefficient (Wildman–Crippen LogP) is 1.34. The second-order valence-corrected chi connectivity index (χ2v) is 6.52. The van der Waals surface area contributed by atoms with Gasteiger partial charge in [0.25, 0.3) is 0 Å². The van der Waals surface area contributed by atoms with E-state index in [9.17, 15) is 4.79 Å². The number of rotatable bonds is 4. The van der Waals surface area contributed by atoms with Crippen LogP contribution in [0.25, 0.3) is 6.08 Å². The molecule has 0 amide bonds. The summed E-state index contributed by atoms with van der Waals surface area (Å²) in [5, 5.41) is 9.12. The Hall–Kier alpha value is -1.90. The van der Waals surface area contributed by atoms with Gasteiger partial charge in [0.15, 0.2) is 0 Å². The van der Waals surface area contributed by atoms with Crippen LogP contribution in [-0.4, -0.2) is 40.9 Å². The minimum absolute atomic E-state index is 0.0282. The van der Waals surface area contributed by atoms with Crippen molar-refractivity contribution in [3.63, 3.8) is 0 Å². The predicted molar refractivity (Wildman–Crippen MR) is 88.7 cm³/mol. The van der Waals surface area contributed by atoms with Crippen LogP contribution in [0, 0.1) is 0 Å². The molecule has 0 atom stereocenters. The molecule has 2 heterocycles. The summed E-state index contributed by atoms with van der Waals surface area (Å²) in [6.07, 6.45) is 3.21. The Labute approximate surface area is 135 Å².